The second-order valence-corrected chi connectivity index (χ2v) is 1.61. The van der Waals surface area contributed by atoms with Gasteiger partial charge in [0.05, 0.1) is 6.61 Å². The second kappa shape index (κ2) is 5.48. The molecule has 0 heterocycles. The molecule has 0 aromatic heterocycles. The quantitative estimate of drug-likeness (QED) is 0.516. The van der Waals surface area contributed by atoms with Crippen molar-refractivity contribution in [3.63, 3.8) is 0 Å². The van der Waals surface area contributed by atoms with E-state index in [0.29, 0.717) is 0 Å². The van der Waals surface area contributed by atoms with E-state index in [1.54, 1.807) is 0 Å². The van der Waals surface area contributed by atoms with E-state index < -0.39 is 18.7 Å². The van der Waals surface area contributed by atoms with Crippen molar-refractivity contribution >= 4 is 12.1 Å². The van der Waals surface area contributed by atoms with Gasteiger partial charge in [0.2, 0.25) is 0 Å². The number of amides is 1. The van der Waals surface area contributed by atoms with Crippen LogP contribution in [0, 0.1) is 0 Å². The average Bonchev–Trinajstić information content (AvgIpc) is 1.85. The number of hydrogen-bond donors (Lipinski definition) is 2. The van der Waals surface area contributed by atoms with E-state index in [9.17, 15) is 9.59 Å². The molecule has 0 aromatic carbocycles. The van der Waals surface area contributed by atoms with Crippen molar-refractivity contribution in [1.29, 1.82) is 0 Å². The Hall–Kier alpha value is -1.30. The van der Waals surface area contributed by atoms with Gasteiger partial charge in [0.25, 0.3) is 0 Å². The van der Waals surface area contributed by atoms with E-state index in [4.69, 9.17) is 5.11 Å². The molecule has 11 heavy (non-hydrogen) atoms. The summed E-state index contributed by atoms with van der Waals surface area (Å²) in [6, 6.07) is 0. The van der Waals surface area contributed by atoms with Gasteiger partial charge in [-0.1, -0.05) is 0 Å². The molecule has 0 aliphatic rings. The first-order valence-electron chi connectivity index (χ1n) is 2.84. The molecule has 0 radical (unpaired) electrons. The number of primary amides is 1. The Morgan fingerprint density at radius 2 is 2.00 bits per heavy atom. The maximum Gasteiger partial charge on any atom is 0.404 e. The number of rotatable bonds is 5. The van der Waals surface area contributed by atoms with Crippen LogP contribution >= 0.6 is 0 Å². The third-order valence-corrected chi connectivity index (χ3v) is 0.698. The fourth-order valence-electron chi connectivity index (χ4n) is 0.361. The first-order valence-corrected chi connectivity index (χ1v) is 2.84. The van der Waals surface area contributed by atoms with Gasteiger partial charge < -0.3 is 20.3 Å². The van der Waals surface area contributed by atoms with Crippen molar-refractivity contribution in [3.05, 3.63) is 0 Å². The van der Waals surface area contributed by atoms with Gasteiger partial charge in [-0.2, -0.15) is 0 Å². The van der Waals surface area contributed by atoms with Crippen LogP contribution in [0.2, 0.25) is 0 Å². The van der Waals surface area contributed by atoms with Crippen LogP contribution in [0.4, 0.5) is 4.79 Å². The number of nitrogens with two attached hydrogens (primary N) is 1. The van der Waals surface area contributed by atoms with Crippen LogP contribution in [-0.2, 0) is 14.3 Å². The molecule has 0 spiro atoms. The molecular formula is C5H9NO5. The van der Waals surface area contributed by atoms with Crippen molar-refractivity contribution in [1.82, 2.24) is 0 Å². The van der Waals surface area contributed by atoms with Crippen molar-refractivity contribution in [2.45, 2.75) is 0 Å². The second-order valence-electron chi connectivity index (χ2n) is 1.61. The van der Waals surface area contributed by atoms with Crippen molar-refractivity contribution in [2.75, 3.05) is 19.8 Å². The summed E-state index contributed by atoms with van der Waals surface area (Å²) in [6.45, 7) is -0.389. The van der Waals surface area contributed by atoms with Gasteiger partial charge in [-0.05, 0) is 0 Å². The Balaban J connectivity index is 3.03. The summed E-state index contributed by atoms with van der Waals surface area (Å²) in [4.78, 5) is 19.8. The van der Waals surface area contributed by atoms with Gasteiger partial charge in [0.1, 0.15) is 13.2 Å². The maximum absolute atomic E-state index is 9.92. The number of carboxylic acid groups (broad SMARTS) is 1. The normalized spacial score (nSPS) is 9.09. The Morgan fingerprint density at radius 3 is 2.45 bits per heavy atom. The Bertz CT molecular complexity index is 130. The number of carbonyl (C=O) groups is 2. The average molecular weight is 163 g/mol. The molecule has 0 unspecified atom stereocenters. The summed E-state index contributed by atoms with van der Waals surface area (Å²) in [5, 5.41) is 8.06. The van der Waals surface area contributed by atoms with Gasteiger partial charge in [-0.25, -0.2) is 9.59 Å². The molecule has 1 amide bonds. The van der Waals surface area contributed by atoms with Crippen LogP contribution in [0.25, 0.3) is 0 Å². The zero-order valence-electron chi connectivity index (χ0n) is 5.78. The number of carboxylic acids is 1. The number of hydrogen-bond acceptors (Lipinski definition) is 4. The van der Waals surface area contributed by atoms with Crippen LogP contribution in [0.3, 0.4) is 0 Å². The number of ether oxygens (including phenoxy) is 2. The summed E-state index contributed by atoms with van der Waals surface area (Å²) >= 11 is 0. The van der Waals surface area contributed by atoms with Crippen LogP contribution in [0.5, 0.6) is 0 Å². The lowest BCUT2D eigenvalue weighted by Crippen LogP contribution is -2.17. The molecule has 0 saturated carbocycles. The largest absolute Gasteiger partial charge is 0.480 e. The molecule has 0 aliphatic heterocycles. The predicted molar refractivity (Wildman–Crippen MR) is 34.0 cm³/mol. The summed E-state index contributed by atoms with van der Waals surface area (Å²) in [7, 11) is 0. The molecule has 6 heteroatoms. The lowest BCUT2D eigenvalue weighted by atomic mass is 10.7. The number of aliphatic carboxylic acids is 1. The predicted octanol–water partition coefficient (Wildman–Crippen LogP) is -0.817. The van der Waals surface area contributed by atoms with E-state index in [2.05, 4.69) is 15.2 Å². The van der Waals surface area contributed by atoms with E-state index in [0.717, 1.165) is 0 Å². The molecule has 0 atom stereocenters. The molecule has 0 aromatic rings. The highest BCUT2D eigenvalue weighted by atomic mass is 16.6. The Labute approximate surface area is 62.9 Å². The highest BCUT2D eigenvalue weighted by Crippen LogP contribution is 1.77. The summed E-state index contributed by atoms with van der Waals surface area (Å²) in [6.07, 6.45) is -0.899. The zero-order valence-corrected chi connectivity index (χ0v) is 5.78. The van der Waals surface area contributed by atoms with E-state index in [1.807, 2.05) is 0 Å². The molecule has 6 nitrogen and oxygen atoms in total. The molecule has 0 fully saturated rings. The molecule has 0 rings (SSSR count). The summed E-state index contributed by atoms with van der Waals surface area (Å²) < 4.78 is 8.76. The lowest BCUT2D eigenvalue weighted by Gasteiger charge is -2.00. The monoisotopic (exact) mass is 163 g/mol. The molecule has 0 saturated heterocycles. The van der Waals surface area contributed by atoms with Crippen molar-refractivity contribution in [2.24, 2.45) is 5.73 Å². The van der Waals surface area contributed by atoms with Gasteiger partial charge >= 0.3 is 12.1 Å². The first-order chi connectivity index (χ1) is 5.13. The fraction of sp³-hybridized carbons (Fsp3) is 0.600. The van der Waals surface area contributed by atoms with Crippen LogP contribution < -0.4 is 5.73 Å². The molecule has 3 N–H and O–H groups in total. The van der Waals surface area contributed by atoms with Crippen LogP contribution in [0.1, 0.15) is 0 Å². The smallest absolute Gasteiger partial charge is 0.404 e. The lowest BCUT2D eigenvalue weighted by molar-refractivity contribution is -0.142. The van der Waals surface area contributed by atoms with Gasteiger partial charge in [-0.3, -0.25) is 0 Å². The first kappa shape index (κ1) is 9.70. The van der Waals surface area contributed by atoms with Crippen molar-refractivity contribution in [3.8, 4) is 0 Å². The minimum Gasteiger partial charge on any atom is -0.480 e. The third-order valence-electron chi connectivity index (χ3n) is 0.698. The number of carbonyl (C=O) groups excluding carboxylic acids is 1. The van der Waals surface area contributed by atoms with Crippen LogP contribution in [-0.4, -0.2) is 37.0 Å². The maximum atomic E-state index is 9.92. The summed E-state index contributed by atoms with van der Waals surface area (Å²) in [5.74, 6) is -1.07. The minimum absolute atomic E-state index is 0.0252. The zero-order chi connectivity index (χ0) is 8.69. The summed E-state index contributed by atoms with van der Waals surface area (Å²) in [5.41, 5.74) is 4.60. The molecule has 0 aliphatic carbocycles. The minimum atomic E-state index is -1.07. The van der Waals surface area contributed by atoms with Crippen molar-refractivity contribution < 1.29 is 24.2 Å². The molecule has 0 bridgehead atoms. The highest BCUT2D eigenvalue weighted by molar-refractivity contribution is 5.68. The third kappa shape index (κ3) is 8.70. The van der Waals surface area contributed by atoms with Gasteiger partial charge in [-0.15, -0.1) is 0 Å². The fourth-order valence-corrected chi connectivity index (χ4v) is 0.361. The van der Waals surface area contributed by atoms with E-state index >= 15 is 0 Å². The molecule has 64 valence electrons. The van der Waals surface area contributed by atoms with Gasteiger partial charge in [0, 0.05) is 0 Å². The van der Waals surface area contributed by atoms with E-state index in [-0.39, 0.29) is 13.2 Å². The topological polar surface area (TPSA) is 98.9 Å². The Morgan fingerprint density at radius 1 is 1.36 bits per heavy atom. The van der Waals surface area contributed by atoms with Gasteiger partial charge in [0.15, 0.2) is 0 Å². The highest BCUT2D eigenvalue weighted by Gasteiger charge is 1.96. The molecular weight excluding hydrogens is 154 g/mol. The standard InChI is InChI=1S/C5H9NO5/c6-5(9)11-2-1-10-3-4(7)8/h1-3H2,(H2,6,9)(H,7,8). The Kier molecular flexibility index (Phi) is 4.83. The van der Waals surface area contributed by atoms with E-state index in [1.165, 1.54) is 0 Å². The SMILES string of the molecule is NC(=O)OCCOCC(=O)O. The van der Waals surface area contributed by atoms with Crippen LogP contribution in [0.15, 0.2) is 0 Å².